The predicted molar refractivity (Wildman–Crippen MR) is 73.9 cm³/mol. The minimum atomic E-state index is -0.0319. The van der Waals surface area contributed by atoms with E-state index in [4.69, 9.17) is 0 Å². The molecule has 0 spiro atoms. The smallest absolute Gasteiger partial charge is 0.254 e. The van der Waals surface area contributed by atoms with Crippen LogP contribution in [-0.4, -0.2) is 49.0 Å². The number of nitrogens with zero attached hydrogens (tertiary/aromatic N) is 2. The van der Waals surface area contributed by atoms with Crippen LogP contribution in [0.25, 0.3) is 0 Å². The molecule has 0 saturated heterocycles. The first-order valence-corrected chi connectivity index (χ1v) is 6.15. The van der Waals surface area contributed by atoms with Gasteiger partial charge in [-0.1, -0.05) is 13.8 Å². The first kappa shape index (κ1) is 14.4. The molecule has 1 aromatic heterocycles. The fraction of sp³-hybridized carbons (Fsp3) is 0.538. The van der Waals surface area contributed by atoms with E-state index < -0.39 is 0 Å². The Morgan fingerprint density at radius 3 is 2.56 bits per heavy atom. The van der Waals surface area contributed by atoms with Crippen molar-refractivity contribution in [2.24, 2.45) is 0 Å². The number of rotatable bonds is 6. The first-order chi connectivity index (χ1) is 8.50. The molecule has 0 aliphatic carbocycles. The van der Waals surface area contributed by atoms with Crippen LogP contribution in [0.5, 0.6) is 0 Å². The lowest BCUT2D eigenvalue weighted by Crippen LogP contribution is -2.28. The van der Waals surface area contributed by atoms with Gasteiger partial charge in [0.25, 0.3) is 5.91 Å². The molecule has 1 aromatic rings. The summed E-state index contributed by atoms with van der Waals surface area (Å²) in [5, 5.41) is 6.51. The molecule has 0 fully saturated rings. The first-order valence-electron chi connectivity index (χ1n) is 6.15. The number of carbonyl (C=O) groups is 1. The molecule has 2 N–H and O–H groups in total. The third-order valence-corrected chi connectivity index (χ3v) is 2.40. The van der Waals surface area contributed by atoms with E-state index in [9.17, 15) is 4.79 Å². The van der Waals surface area contributed by atoms with E-state index >= 15 is 0 Å². The van der Waals surface area contributed by atoms with E-state index in [2.05, 4.69) is 29.5 Å². The van der Waals surface area contributed by atoms with Gasteiger partial charge in [-0.25, -0.2) is 4.98 Å². The number of anilines is 1. The summed E-state index contributed by atoms with van der Waals surface area (Å²) in [6.07, 6.45) is 1.60. The Hall–Kier alpha value is -1.62. The quantitative estimate of drug-likeness (QED) is 0.745. The van der Waals surface area contributed by atoms with Crippen LogP contribution in [0.4, 0.5) is 5.82 Å². The van der Waals surface area contributed by atoms with Gasteiger partial charge in [-0.2, -0.15) is 0 Å². The third-order valence-electron chi connectivity index (χ3n) is 2.40. The maximum Gasteiger partial charge on any atom is 0.254 e. The number of nitrogens with one attached hydrogen (secondary N) is 2. The van der Waals surface area contributed by atoms with Crippen LogP contribution in [0.1, 0.15) is 24.2 Å². The highest BCUT2D eigenvalue weighted by Crippen LogP contribution is 2.06. The van der Waals surface area contributed by atoms with Gasteiger partial charge in [-0.3, -0.25) is 4.79 Å². The SMILES string of the molecule is CC(C)NCCNc1ccc(C(=O)N(C)C)cn1. The van der Waals surface area contributed by atoms with Crippen molar-refractivity contribution >= 4 is 11.7 Å². The number of amides is 1. The van der Waals surface area contributed by atoms with E-state index in [1.165, 1.54) is 4.90 Å². The summed E-state index contributed by atoms with van der Waals surface area (Å²) in [7, 11) is 3.46. The van der Waals surface area contributed by atoms with Crippen LogP contribution in [0.15, 0.2) is 18.3 Å². The topological polar surface area (TPSA) is 57.3 Å². The Labute approximate surface area is 109 Å². The zero-order valence-electron chi connectivity index (χ0n) is 11.5. The number of hydrogen-bond acceptors (Lipinski definition) is 4. The Bertz CT molecular complexity index is 373. The molecule has 0 aliphatic heterocycles. The largest absolute Gasteiger partial charge is 0.369 e. The second-order valence-electron chi connectivity index (χ2n) is 4.67. The second kappa shape index (κ2) is 6.96. The molecule has 0 aliphatic rings. The fourth-order valence-electron chi connectivity index (χ4n) is 1.43. The molecule has 5 heteroatoms. The molecule has 0 atom stereocenters. The van der Waals surface area contributed by atoms with Gasteiger partial charge in [0.2, 0.25) is 0 Å². The lowest BCUT2D eigenvalue weighted by Gasteiger charge is -2.11. The monoisotopic (exact) mass is 250 g/mol. The highest BCUT2D eigenvalue weighted by Gasteiger charge is 2.07. The molecule has 1 rings (SSSR count). The van der Waals surface area contributed by atoms with Crippen LogP contribution >= 0.6 is 0 Å². The molecule has 0 radical (unpaired) electrons. The van der Waals surface area contributed by atoms with Gasteiger partial charge >= 0.3 is 0 Å². The lowest BCUT2D eigenvalue weighted by atomic mass is 10.2. The van der Waals surface area contributed by atoms with Crippen LogP contribution in [0.3, 0.4) is 0 Å². The Balaban J connectivity index is 2.43. The van der Waals surface area contributed by atoms with Crippen molar-refractivity contribution in [2.45, 2.75) is 19.9 Å². The summed E-state index contributed by atoms with van der Waals surface area (Å²) >= 11 is 0. The molecular weight excluding hydrogens is 228 g/mol. The average molecular weight is 250 g/mol. The Morgan fingerprint density at radius 2 is 2.06 bits per heavy atom. The number of carbonyl (C=O) groups excluding carboxylic acids is 1. The van der Waals surface area contributed by atoms with E-state index in [1.807, 2.05) is 6.07 Å². The maximum absolute atomic E-state index is 11.6. The second-order valence-corrected chi connectivity index (χ2v) is 4.67. The average Bonchev–Trinajstić information content (AvgIpc) is 2.34. The van der Waals surface area contributed by atoms with Gasteiger partial charge in [0, 0.05) is 39.4 Å². The molecule has 0 aromatic carbocycles. The van der Waals surface area contributed by atoms with Crippen molar-refractivity contribution in [3.05, 3.63) is 23.9 Å². The van der Waals surface area contributed by atoms with Gasteiger partial charge in [-0.05, 0) is 12.1 Å². The molecule has 0 bridgehead atoms. The van der Waals surface area contributed by atoms with Crippen molar-refractivity contribution in [1.29, 1.82) is 0 Å². The van der Waals surface area contributed by atoms with Crippen LogP contribution in [0, 0.1) is 0 Å². The summed E-state index contributed by atoms with van der Waals surface area (Å²) in [5.41, 5.74) is 0.603. The number of hydrogen-bond donors (Lipinski definition) is 2. The van der Waals surface area contributed by atoms with E-state index in [0.717, 1.165) is 18.9 Å². The lowest BCUT2D eigenvalue weighted by molar-refractivity contribution is 0.0827. The minimum absolute atomic E-state index is 0.0319. The van der Waals surface area contributed by atoms with E-state index in [0.29, 0.717) is 11.6 Å². The zero-order chi connectivity index (χ0) is 13.5. The van der Waals surface area contributed by atoms with Gasteiger partial charge in [-0.15, -0.1) is 0 Å². The Kier molecular flexibility index (Phi) is 5.58. The molecule has 100 valence electrons. The van der Waals surface area contributed by atoms with Gasteiger partial charge < -0.3 is 15.5 Å². The third kappa shape index (κ3) is 4.71. The number of pyridine rings is 1. The highest BCUT2D eigenvalue weighted by atomic mass is 16.2. The predicted octanol–water partition coefficient (Wildman–Crippen LogP) is 1.19. The summed E-state index contributed by atoms with van der Waals surface area (Å²) in [5.74, 6) is 0.756. The van der Waals surface area contributed by atoms with E-state index in [-0.39, 0.29) is 5.91 Å². The van der Waals surface area contributed by atoms with Crippen LogP contribution < -0.4 is 10.6 Å². The summed E-state index contributed by atoms with van der Waals surface area (Å²) in [4.78, 5) is 17.4. The zero-order valence-corrected chi connectivity index (χ0v) is 11.5. The summed E-state index contributed by atoms with van der Waals surface area (Å²) in [6, 6.07) is 4.10. The molecule has 0 unspecified atom stereocenters. The van der Waals surface area contributed by atoms with Crippen molar-refractivity contribution in [1.82, 2.24) is 15.2 Å². The van der Waals surface area contributed by atoms with Crippen LogP contribution in [0.2, 0.25) is 0 Å². The van der Waals surface area contributed by atoms with Gasteiger partial charge in [0.15, 0.2) is 0 Å². The standard InChI is InChI=1S/C13H22N4O/c1-10(2)14-7-8-15-12-6-5-11(9-16-12)13(18)17(3)4/h5-6,9-10,14H,7-8H2,1-4H3,(H,15,16). The van der Waals surface area contributed by atoms with Crippen LogP contribution in [-0.2, 0) is 0 Å². The molecule has 1 amide bonds. The molecule has 18 heavy (non-hydrogen) atoms. The molecule has 0 saturated carbocycles. The normalized spacial score (nSPS) is 10.5. The van der Waals surface area contributed by atoms with E-state index in [1.54, 1.807) is 26.4 Å². The van der Waals surface area contributed by atoms with Crippen molar-refractivity contribution in [3.8, 4) is 0 Å². The molecule has 1 heterocycles. The minimum Gasteiger partial charge on any atom is -0.369 e. The van der Waals surface area contributed by atoms with Gasteiger partial charge in [0.1, 0.15) is 5.82 Å². The highest BCUT2D eigenvalue weighted by molar-refractivity contribution is 5.93. The summed E-state index contributed by atoms with van der Waals surface area (Å²) < 4.78 is 0. The van der Waals surface area contributed by atoms with Gasteiger partial charge in [0.05, 0.1) is 5.56 Å². The maximum atomic E-state index is 11.6. The number of aromatic nitrogens is 1. The van der Waals surface area contributed by atoms with Crippen molar-refractivity contribution < 1.29 is 4.79 Å². The Morgan fingerprint density at radius 1 is 1.33 bits per heavy atom. The molecular formula is C13H22N4O. The van der Waals surface area contributed by atoms with Crippen molar-refractivity contribution in [3.63, 3.8) is 0 Å². The molecule has 5 nitrogen and oxygen atoms in total. The summed E-state index contributed by atoms with van der Waals surface area (Å²) in [6.45, 7) is 5.92. The fourth-order valence-corrected chi connectivity index (χ4v) is 1.43. The van der Waals surface area contributed by atoms with Crippen molar-refractivity contribution in [2.75, 3.05) is 32.5 Å².